The number of nitrogens with zero attached hydrogens (tertiary/aromatic N) is 2. The Labute approximate surface area is 137 Å². The molecule has 24 heavy (non-hydrogen) atoms. The molecule has 2 aromatic carbocycles. The molecule has 0 bridgehead atoms. The second-order valence-electron chi connectivity index (χ2n) is 5.23. The van der Waals surface area contributed by atoms with E-state index in [2.05, 4.69) is 4.98 Å². The third-order valence-corrected chi connectivity index (χ3v) is 3.42. The molecule has 0 spiro atoms. The molecular formula is C18H14F2N2O2. The van der Waals surface area contributed by atoms with Gasteiger partial charge in [-0.15, -0.1) is 0 Å². The highest BCUT2D eigenvalue weighted by Crippen LogP contribution is 2.09. The van der Waals surface area contributed by atoms with Gasteiger partial charge in [0, 0.05) is 0 Å². The van der Waals surface area contributed by atoms with Gasteiger partial charge in [0.25, 0.3) is 5.56 Å². The molecule has 0 unspecified atom stereocenters. The molecule has 1 aromatic heterocycles. The van der Waals surface area contributed by atoms with Gasteiger partial charge in [-0.25, -0.2) is 13.8 Å². The fraction of sp³-hybridized carbons (Fsp3) is 0.111. The average molecular weight is 328 g/mol. The van der Waals surface area contributed by atoms with Crippen LogP contribution in [-0.2, 0) is 13.2 Å². The van der Waals surface area contributed by atoms with Gasteiger partial charge in [0.2, 0.25) is 5.88 Å². The molecule has 4 nitrogen and oxygen atoms in total. The Balaban J connectivity index is 1.66. The highest BCUT2D eigenvalue weighted by molar-refractivity contribution is 5.18. The molecule has 1 heterocycles. The highest BCUT2D eigenvalue weighted by atomic mass is 19.1. The van der Waals surface area contributed by atoms with E-state index in [-0.39, 0.29) is 29.7 Å². The zero-order valence-electron chi connectivity index (χ0n) is 12.7. The summed E-state index contributed by atoms with van der Waals surface area (Å²) in [6.45, 7) is 0.485. The van der Waals surface area contributed by atoms with Crippen molar-refractivity contribution in [1.29, 1.82) is 0 Å². The van der Waals surface area contributed by atoms with Gasteiger partial charge in [0.1, 0.15) is 24.6 Å². The van der Waals surface area contributed by atoms with Gasteiger partial charge >= 0.3 is 0 Å². The van der Waals surface area contributed by atoms with Crippen molar-refractivity contribution >= 4 is 0 Å². The van der Waals surface area contributed by atoms with Gasteiger partial charge in [-0.3, -0.25) is 9.36 Å². The first-order valence-corrected chi connectivity index (χ1v) is 7.28. The summed E-state index contributed by atoms with van der Waals surface area (Å²) in [5, 5.41) is 0. The standard InChI is InChI=1S/C18H14F2N2O2/c19-15-5-1-13(2-6-15)10-22-12-21-17(9-18(22)23)24-11-14-3-7-16(20)8-4-14/h1-9,12H,10-11H2. The molecule has 0 aliphatic heterocycles. The van der Waals surface area contributed by atoms with Crippen molar-refractivity contribution in [2.24, 2.45) is 0 Å². The summed E-state index contributed by atoms with van der Waals surface area (Å²) in [5.74, 6) is -0.450. The van der Waals surface area contributed by atoms with Crippen molar-refractivity contribution in [1.82, 2.24) is 9.55 Å². The average Bonchev–Trinajstić information content (AvgIpc) is 2.58. The van der Waals surface area contributed by atoms with Crippen LogP contribution in [0.5, 0.6) is 5.88 Å². The summed E-state index contributed by atoms with van der Waals surface area (Å²) < 4.78 is 32.6. The van der Waals surface area contributed by atoms with Crippen molar-refractivity contribution in [3.63, 3.8) is 0 Å². The van der Waals surface area contributed by atoms with Crippen LogP contribution in [0.25, 0.3) is 0 Å². The summed E-state index contributed by atoms with van der Waals surface area (Å²) in [6.07, 6.45) is 1.38. The highest BCUT2D eigenvalue weighted by Gasteiger charge is 2.03. The van der Waals surface area contributed by atoms with Crippen LogP contribution in [0.2, 0.25) is 0 Å². The molecule has 3 aromatic rings. The zero-order valence-corrected chi connectivity index (χ0v) is 12.7. The van der Waals surface area contributed by atoms with Crippen LogP contribution in [0.1, 0.15) is 11.1 Å². The monoisotopic (exact) mass is 328 g/mol. The Bertz CT molecular complexity index is 875. The minimum atomic E-state index is -0.325. The molecule has 0 radical (unpaired) electrons. The normalized spacial score (nSPS) is 10.6. The molecule has 0 saturated carbocycles. The van der Waals surface area contributed by atoms with Crippen molar-refractivity contribution < 1.29 is 13.5 Å². The first-order chi connectivity index (χ1) is 11.6. The first-order valence-electron chi connectivity index (χ1n) is 7.28. The molecule has 0 saturated heterocycles. The number of hydrogen-bond acceptors (Lipinski definition) is 3. The molecule has 0 N–H and O–H groups in total. The van der Waals surface area contributed by atoms with E-state index < -0.39 is 0 Å². The van der Waals surface area contributed by atoms with Crippen LogP contribution in [0.15, 0.2) is 65.7 Å². The summed E-state index contributed by atoms with van der Waals surface area (Å²) >= 11 is 0. The van der Waals surface area contributed by atoms with Gasteiger partial charge in [-0.05, 0) is 35.4 Å². The minimum absolute atomic E-state index is 0.189. The lowest BCUT2D eigenvalue weighted by Gasteiger charge is -2.08. The predicted octanol–water partition coefficient (Wildman–Crippen LogP) is 3.15. The van der Waals surface area contributed by atoms with Gasteiger partial charge in [-0.2, -0.15) is 0 Å². The maximum atomic E-state index is 12.9. The summed E-state index contributed by atoms with van der Waals surface area (Å²) in [5.41, 5.74) is 1.29. The molecule has 0 atom stereocenters. The number of halogens is 2. The topological polar surface area (TPSA) is 44.1 Å². The lowest BCUT2D eigenvalue weighted by molar-refractivity contribution is 0.291. The van der Waals surface area contributed by atoms with Crippen molar-refractivity contribution in [3.05, 3.63) is 94.0 Å². The SMILES string of the molecule is O=c1cc(OCc2ccc(F)cc2)ncn1Cc1ccc(F)cc1. The fourth-order valence-electron chi connectivity index (χ4n) is 2.13. The lowest BCUT2D eigenvalue weighted by atomic mass is 10.2. The number of hydrogen-bond donors (Lipinski definition) is 0. The van der Waals surface area contributed by atoms with E-state index in [1.165, 1.54) is 41.2 Å². The quantitative estimate of drug-likeness (QED) is 0.723. The van der Waals surface area contributed by atoms with E-state index in [1.807, 2.05) is 0 Å². The summed E-state index contributed by atoms with van der Waals surface area (Å²) in [6, 6.07) is 13.1. The van der Waals surface area contributed by atoms with Crippen LogP contribution in [-0.4, -0.2) is 9.55 Å². The molecule has 0 aliphatic carbocycles. The van der Waals surface area contributed by atoms with Gasteiger partial charge < -0.3 is 4.74 Å². The van der Waals surface area contributed by atoms with Crippen LogP contribution in [0.3, 0.4) is 0 Å². The van der Waals surface area contributed by atoms with E-state index in [9.17, 15) is 13.6 Å². The number of ether oxygens (including phenoxy) is 1. The molecule has 0 aliphatic rings. The van der Waals surface area contributed by atoms with Crippen LogP contribution in [0.4, 0.5) is 8.78 Å². The predicted molar refractivity (Wildman–Crippen MR) is 84.7 cm³/mol. The van der Waals surface area contributed by atoms with E-state index in [0.717, 1.165) is 11.1 Å². The van der Waals surface area contributed by atoms with Crippen molar-refractivity contribution in [3.8, 4) is 5.88 Å². The Morgan fingerprint density at radius 1 is 0.917 bits per heavy atom. The second kappa shape index (κ2) is 7.04. The largest absolute Gasteiger partial charge is 0.473 e. The zero-order chi connectivity index (χ0) is 16.9. The van der Waals surface area contributed by atoms with Crippen molar-refractivity contribution in [2.45, 2.75) is 13.2 Å². The second-order valence-corrected chi connectivity index (χ2v) is 5.23. The van der Waals surface area contributed by atoms with Crippen molar-refractivity contribution in [2.75, 3.05) is 0 Å². The number of benzene rings is 2. The Hall–Kier alpha value is -3.02. The summed E-state index contributed by atoms with van der Waals surface area (Å²) in [4.78, 5) is 16.2. The van der Waals surface area contributed by atoms with E-state index >= 15 is 0 Å². The van der Waals surface area contributed by atoms with Gasteiger partial charge in [-0.1, -0.05) is 24.3 Å². The Morgan fingerprint density at radius 2 is 1.50 bits per heavy atom. The smallest absolute Gasteiger partial charge is 0.257 e. The van der Waals surface area contributed by atoms with Crippen LogP contribution < -0.4 is 10.3 Å². The van der Waals surface area contributed by atoms with E-state index in [0.29, 0.717) is 6.54 Å². The van der Waals surface area contributed by atoms with Crippen LogP contribution in [0, 0.1) is 11.6 Å². The number of aromatic nitrogens is 2. The summed E-state index contributed by atoms with van der Waals surface area (Å²) in [7, 11) is 0. The van der Waals surface area contributed by atoms with Gasteiger partial charge in [0.15, 0.2) is 0 Å². The Kier molecular flexibility index (Phi) is 4.65. The van der Waals surface area contributed by atoms with Crippen LogP contribution >= 0.6 is 0 Å². The molecular weight excluding hydrogens is 314 g/mol. The minimum Gasteiger partial charge on any atom is -0.473 e. The van der Waals surface area contributed by atoms with E-state index in [4.69, 9.17) is 4.74 Å². The third-order valence-electron chi connectivity index (χ3n) is 3.42. The fourth-order valence-corrected chi connectivity index (χ4v) is 2.13. The number of rotatable bonds is 5. The maximum absolute atomic E-state index is 12.9. The van der Waals surface area contributed by atoms with Gasteiger partial charge in [0.05, 0.1) is 12.6 Å². The first kappa shape index (κ1) is 15.9. The molecule has 0 fully saturated rings. The maximum Gasteiger partial charge on any atom is 0.257 e. The lowest BCUT2D eigenvalue weighted by Crippen LogP contribution is -2.20. The Morgan fingerprint density at radius 3 is 2.08 bits per heavy atom. The van der Waals surface area contributed by atoms with E-state index in [1.54, 1.807) is 24.3 Å². The molecule has 122 valence electrons. The molecule has 6 heteroatoms. The molecule has 0 amide bonds. The molecule has 3 rings (SSSR count). The third kappa shape index (κ3) is 4.04.